The summed E-state index contributed by atoms with van der Waals surface area (Å²) in [5.41, 5.74) is 7.05. The summed E-state index contributed by atoms with van der Waals surface area (Å²) in [4.78, 5) is 3.71. The Labute approximate surface area is 120 Å². The van der Waals surface area contributed by atoms with Crippen molar-refractivity contribution in [1.82, 2.24) is 4.98 Å². The average molecular weight is 275 g/mol. The van der Waals surface area contributed by atoms with Gasteiger partial charge >= 0.3 is 0 Å². The Hall–Kier alpha value is -2.06. The van der Waals surface area contributed by atoms with Crippen molar-refractivity contribution in [2.45, 2.75) is 12.8 Å². The summed E-state index contributed by atoms with van der Waals surface area (Å²) in [6.07, 6.45) is 2.31. The first-order valence-electron chi connectivity index (χ1n) is 7.02. The second-order valence-corrected chi connectivity index (χ2v) is 6.49. The number of hydrogen-bond donors (Lipinski definition) is 1. The van der Waals surface area contributed by atoms with Crippen molar-refractivity contribution in [2.24, 2.45) is 0 Å². The van der Waals surface area contributed by atoms with Crippen LogP contribution in [-0.2, 0) is 12.8 Å². The Morgan fingerprint density at radius 3 is 2.75 bits per heavy atom. The molecule has 0 aliphatic heterocycles. The molecule has 1 N–H and O–H groups in total. The number of thiophene rings is 1. The second-order valence-electron chi connectivity index (χ2n) is 5.44. The highest BCUT2D eigenvalue weighted by Gasteiger charge is 2.22. The van der Waals surface area contributed by atoms with Gasteiger partial charge in [-0.3, -0.25) is 0 Å². The van der Waals surface area contributed by atoms with Crippen molar-refractivity contribution in [3.8, 4) is 11.3 Å². The molecule has 0 radical (unpaired) electrons. The monoisotopic (exact) mass is 275 g/mol. The fraction of sp³-hybridized carbons (Fsp3) is 0.111. The van der Waals surface area contributed by atoms with Gasteiger partial charge < -0.3 is 4.98 Å². The first-order valence-corrected chi connectivity index (χ1v) is 7.84. The number of H-pyrrole nitrogens is 1. The molecule has 4 aromatic rings. The minimum atomic E-state index is 1.15. The van der Waals surface area contributed by atoms with E-state index in [-0.39, 0.29) is 0 Å². The molecule has 0 spiro atoms. The zero-order valence-electron chi connectivity index (χ0n) is 10.9. The zero-order chi connectivity index (χ0) is 13.1. The molecular weight excluding hydrogens is 262 g/mol. The molecule has 1 nitrogen and oxygen atoms in total. The molecule has 2 aromatic carbocycles. The van der Waals surface area contributed by atoms with Gasteiger partial charge in [0.05, 0.1) is 15.9 Å². The molecule has 0 saturated heterocycles. The quantitative estimate of drug-likeness (QED) is 0.457. The topological polar surface area (TPSA) is 15.8 Å². The molecule has 0 amide bonds. The van der Waals surface area contributed by atoms with Crippen LogP contribution in [0, 0.1) is 0 Å². The smallest absolute Gasteiger partial charge is 0.0651 e. The number of aryl methyl sites for hydroxylation is 2. The van der Waals surface area contributed by atoms with E-state index in [9.17, 15) is 0 Å². The lowest BCUT2D eigenvalue weighted by Gasteiger charge is -2.15. The Bertz CT molecular complexity index is 958. The molecule has 1 aliphatic carbocycles. The first-order chi connectivity index (χ1) is 9.92. The molecule has 5 rings (SSSR count). The molecule has 1 aliphatic rings. The number of nitrogens with one attached hydrogen (secondary N) is 1. The van der Waals surface area contributed by atoms with Crippen molar-refractivity contribution in [2.75, 3.05) is 0 Å². The number of aromatic nitrogens is 1. The van der Waals surface area contributed by atoms with E-state index in [1.54, 1.807) is 0 Å². The van der Waals surface area contributed by atoms with Crippen LogP contribution in [0.1, 0.15) is 11.1 Å². The number of benzene rings is 2. The fourth-order valence-electron chi connectivity index (χ4n) is 3.41. The predicted octanol–water partition coefficient (Wildman–Crippen LogP) is 5.15. The Balaban J connectivity index is 1.92. The molecule has 0 saturated carbocycles. The van der Waals surface area contributed by atoms with E-state index in [0.29, 0.717) is 0 Å². The van der Waals surface area contributed by atoms with Crippen LogP contribution < -0.4 is 0 Å². The summed E-state index contributed by atoms with van der Waals surface area (Å²) >= 11 is 1.93. The Morgan fingerprint density at radius 2 is 1.75 bits per heavy atom. The molecule has 20 heavy (non-hydrogen) atoms. The maximum absolute atomic E-state index is 3.71. The van der Waals surface area contributed by atoms with Crippen LogP contribution >= 0.6 is 11.3 Å². The molecule has 96 valence electrons. The number of aromatic amines is 1. The van der Waals surface area contributed by atoms with E-state index in [1.165, 1.54) is 42.7 Å². The van der Waals surface area contributed by atoms with Crippen molar-refractivity contribution >= 4 is 31.6 Å². The summed E-state index contributed by atoms with van der Waals surface area (Å²) in [5.74, 6) is 0. The maximum atomic E-state index is 3.71. The maximum Gasteiger partial charge on any atom is 0.0651 e. The van der Waals surface area contributed by atoms with Crippen molar-refractivity contribution in [3.63, 3.8) is 0 Å². The summed E-state index contributed by atoms with van der Waals surface area (Å²) in [6.45, 7) is 0. The minimum absolute atomic E-state index is 1.15. The average Bonchev–Trinajstić information content (AvgIpc) is 3.03. The van der Waals surface area contributed by atoms with Gasteiger partial charge in [0.15, 0.2) is 0 Å². The molecule has 0 atom stereocenters. The Morgan fingerprint density at radius 1 is 0.900 bits per heavy atom. The van der Waals surface area contributed by atoms with Gasteiger partial charge in [0.2, 0.25) is 0 Å². The lowest BCUT2D eigenvalue weighted by atomic mass is 9.90. The summed E-state index contributed by atoms with van der Waals surface area (Å²) in [5, 5.41) is 1.36. The van der Waals surface area contributed by atoms with Crippen LogP contribution in [0.15, 0.2) is 48.5 Å². The second kappa shape index (κ2) is 3.74. The van der Waals surface area contributed by atoms with Gasteiger partial charge in [0, 0.05) is 15.6 Å². The molecule has 2 heterocycles. The molecule has 0 bridgehead atoms. The van der Waals surface area contributed by atoms with Gasteiger partial charge in [0.1, 0.15) is 0 Å². The van der Waals surface area contributed by atoms with Gasteiger partial charge in [0.25, 0.3) is 0 Å². The van der Waals surface area contributed by atoms with E-state index in [0.717, 1.165) is 12.8 Å². The summed E-state index contributed by atoms with van der Waals surface area (Å²) in [6, 6.07) is 17.5. The zero-order valence-corrected chi connectivity index (χ0v) is 11.8. The third kappa shape index (κ3) is 1.27. The minimum Gasteiger partial charge on any atom is -0.353 e. The SMILES string of the molecule is c1ccc2c(c1)CCc1c-2[nH]c2c1sc1ccccc12. The van der Waals surface area contributed by atoms with E-state index >= 15 is 0 Å². The molecular formula is C18H13NS. The number of hydrogen-bond acceptors (Lipinski definition) is 1. The van der Waals surface area contributed by atoms with Crippen LogP contribution in [0.5, 0.6) is 0 Å². The highest BCUT2D eigenvalue weighted by Crippen LogP contribution is 2.43. The summed E-state index contributed by atoms with van der Waals surface area (Å²) in [7, 11) is 0. The van der Waals surface area contributed by atoms with Gasteiger partial charge in [-0.2, -0.15) is 0 Å². The van der Waals surface area contributed by atoms with Crippen LogP contribution in [0.4, 0.5) is 0 Å². The van der Waals surface area contributed by atoms with E-state index in [1.807, 2.05) is 11.3 Å². The van der Waals surface area contributed by atoms with E-state index in [4.69, 9.17) is 0 Å². The van der Waals surface area contributed by atoms with E-state index in [2.05, 4.69) is 53.5 Å². The van der Waals surface area contributed by atoms with Gasteiger partial charge in [-0.25, -0.2) is 0 Å². The summed E-state index contributed by atoms with van der Waals surface area (Å²) < 4.78 is 2.84. The van der Waals surface area contributed by atoms with Gasteiger partial charge in [-0.05, 0) is 30.0 Å². The van der Waals surface area contributed by atoms with Crippen LogP contribution in [-0.4, -0.2) is 4.98 Å². The normalized spacial score (nSPS) is 13.6. The largest absolute Gasteiger partial charge is 0.353 e. The molecule has 0 unspecified atom stereocenters. The molecule has 2 heteroatoms. The third-order valence-corrected chi connectivity index (χ3v) is 5.58. The fourth-order valence-corrected chi connectivity index (χ4v) is 4.64. The Kier molecular flexibility index (Phi) is 2.00. The highest BCUT2D eigenvalue weighted by atomic mass is 32.1. The standard InChI is InChI=1S/C18H13NS/c1-2-6-12-11(5-1)9-10-14-16(12)19-17-13-7-3-4-8-15(13)20-18(14)17/h1-8,19H,9-10H2. The molecule has 2 aromatic heterocycles. The van der Waals surface area contributed by atoms with Crippen LogP contribution in [0.2, 0.25) is 0 Å². The van der Waals surface area contributed by atoms with E-state index < -0.39 is 0 Å². The van der Waals surface area contributed by atoms with Crippen molar-refractivity contribution in [1.29, 1.82) is 0 Å². The third-order valence-electron chi connectivity index (χ3n) is 4.35. The highest BCUT2D eigenvalue weighted by molar-refractivity contribution is 7.26. The van der Waals surface area contributed by atoms with Crippen LogP contribution in [0.25, 0.3) is 31.6 Å². The number of rotatable bonds is 0. The predicted molar refractivity (Wildman–Crippen MR) is 86.5 cm³/mol. The van der Waals surface area contributed by atoms with Crippen molar-refractivity contribution < 1.29 is 0 Å². The number of fused-ring (bicyclic) bond motifs is 7. The van der Waals surface area contributed by atoms with Gasteiger partial charge in [-0.15, -0.1) is 11.3 Å². The van der Waals surface area contributed by atoms with Crippen molar-refractivity contribution in [3.05, 3.63) is 59.7 Å². The lowest BCUT2D eigenvalue weighted by Crippen LogP contribution is -2.01. The lowest BCUT2D eigenvalue weighted by molar-refractivity contribution is 0.949. The van der Waals surface area contributed by atoms with Crippen LogP contribution in [0.3, 0.4) is 0 Å². The first kappa shape index (κ1) is 10.7. The molecule has 0 fully saturated rings. The van der Waals surface area contributed by atoms with Gasteiger partial charge in [-0.1, -0.05) is 42.5 Å².